The molecular weight excluding hydrogens is 286 g/mol. The van der Waals surface area contributed by atoms with Crippen LogP contribution in [0, 0.1) is 5.41 Å². The normalized spacial score (nSPS) is 26.9. The number of thioether (sulfide) groups is 1. The van der Waals surface area contributed by atoms with Crippen LogP contribution in [0.5, 0.6) is 0 Å². The first kappa shape index (κ1) is 16.5. The molecule has 0 spiro atoms. The zero-order chi connectivity index (χ0) is 15.1. The van der Waals surface area contributed by atoms with E-state index in [0.29, 0.717) is 24.6 Å². The lowest BCUT2D eigenvalue weighted by atomic mass is 9.78. The van der Waals surface area contributed by atoms with Crippen LogP contribution < -0.4 is 11.1 Å². The molecule has 2 fully saturated rings. The van der Waals surface area contributed by atoms with E-state index < -0.39 is 5.41 Å². The van der Waals surface area contributed by atoms with Crippen molar-refractivity contribution in [3.8, 4) is 0 Å². The second-order valence-electron chi connectivity index (χ2n) is 6.18. The highest BCUT2D eigenvalue weighted by molar-refractivity contribution is 7.99. The first-order valence-electron chi connectivity index (χ1n) is 8.07. The van der Waals surface area contributed by atoms with Gasteiger partial charge < -0.3 is 16.3 Å². The van der Waals surface area contributed by atoms with E-state index in [-0.39, 0.29) is 11.7 Å². The molecule has 2 rings (SSSR count). The molecule has 5 nitrogen and oxygen atoms in total. The highest BCUT2D eigenvalue weighted by Crippen LogP contribution is 2.36. The summed E-state index contributed by atoms with van der Waals surface area (Å²) in [6.07, 6.45) is 9.23. The predicted molar refractivity (Wildman–Crippen MR) is 86.7 cm³/mol. The molecule has 1 saturated heterocycles. The zero-order valence-electron chi connectivity index (χ0n) is 12.6. The zero-order valence-corrected chi connectivity index (χ0v) is 13.5. The number of carbonyl (C=O) groups excluding carboxylic acids is 1. The summed E-state index contributed by atoms with van der Waals surface area (Å²) in [5.74, 6) is 1.22. The van der Waals surface area contributed by atoms with Crippen molar-refractivity contribution in [1.29, 1.82) is 0 Å². The lowest BCUT2D eigenvalue weighted by Gasteiger charge is -2.31. The molecule has 1 heterocycles. The van der Waals surface area contributed by atoms with E-state index in [4.69, 9.17) is 10.9 Å². The van der Waals surface area contributed by atoms with Crippen LogP contribution >= 0.6 is 11.8 Å². The van der Waals surface area contributed by atoms with E-state index in [1.807, 2.05) is 11.8 Å². The van der Waals surface area contributed by atoms with E-state index in [1.54, 1.807) is 0 Å². The third-order valence-electron chi connectivity index (χ3n) is 4.75. The maximum Gasteiger partial charge on any atom is 0.233 e. The smallest absolute Gasteiger partial charge is 0.233 e. The molecule has 6 heteroatoms. The Morgan fingerprint density at radius 1 is 1.24 bits per heavy atom. The van der Waals surface area contributed by atoms with Gasteiger partial charge in [-0.1, -0.05) is 37.3 Å². The standard InChI is InChI=1S/C15H27N3O2S/c16-13(18-20)15(8-4-1-2-5-9-15)14(19)17-11-12-7-3-6-10-21-12/h12,20H,1-11H2,(H2,16,18)(H,17,19). The fourth-order valence-corrected chi connectivity index (χ4v) is 4.61. The third-order valence-corrected chi connectivity index (χ3v) is 6.15. The monoisotopic (exact) mass is 313 g/mol. The number of oxime groups is 1. The van der Waals surface area contributed by atoms with Gasteiger partial charge in [0.25, 0.3) is 0 Å². The molecule has 0 aromatic carbocycles. The number of carbonyl (C=O) groups is 1. The van der Waals surface area contributed by atoms with Crippen molar-refractivity contribution in [2.75, 3.05) is 12.3 Å². The van der Waals surface area contributed by atoms with Crippen LogP contribution in [0.2, 0.25) is 0 Å². The highest BCUT2D eigenvalue weighted by atomic mass is 32.2. The van der Waals surface area contributed by atoms with Crippen LogP contribution in [-0.4, -0.2) is 34.5 Å². The second kappa shape index (κ2) is 7.92. The van der Waals surface area contributed by atoms with Gasteiger partial charge in [0.05, 0.1) is 0 Å². The molecule has 0 aromatic rings. The lowest BCUT2D eigenvalue weighted by molar-refractivity contribution is -0.128. The molecule has 1 aliphatic heterocycles. The van der Waals surface area contributed by atoms with E-state index >= 15 is 0 Å². The Morgan fingerprint density at radius 2 is 1.95 bits per heavy atom. The number of rotatable bonds is 4. The number of hydrogen-bond donors (Lipinski definition) is 3. The molecule has 1 unspecified atom stereocenters. The molecule has 2 aliphatic rings. The molecular formula is C15H27N3O2S. The summed E-state index contributed by atoms with van der Waals surface area (Å²) in [5, 5.41) is 15.8. The number of amides is 1. The molecule has 0 radical (unpaired) electrons. The molecule has 21 heavy (non-hydrogen) atoms. The van der Waals surface area contributed by atoms with Crippen molar-refractivity contribution in [1.82, 2.24) is 5.32 Å². The van der Waals surface area contributed by atoms with Crippen molar-refractivity contribution >= 4 is 23.5 Å². The molecule has 0 aromatic heterocycles. The molecule has 0 bridgehead atoms. The maximum atomic E-state index is 12.7. The summed E-state index contributed by atoms with van der Waals surface area (Å²) in [4.78, 5) is 12.7. The van der Waals surface area contributed by atoms with E-state index in [1.165, 1.54) is 25.0 Å². The van der Waals surface area contributed by atoms with Crippen molar-refractivity contribution in [3.05, 3.63) is 0 Å². The van der Waals surface area contributed by atoms with Crippen molar-refractivity contribution in [2.24, 2.45) is 16.3 Å². The van der Waals surface area contributed by atoms with E-state index in [0.717, 1.165) is 25.7 Å². The van der Waals surface area contributed by atoms with Gasteiger partial charge in [0.15, 0.2) is 5.84 Å². The molecule has 1 amide bonds. The summed E-state index contributed by atoms with van der Waals surface area (Å²) in [6, 6.07) is 0. The average Bonchev–Trinajstić information content (AvgIpc) is 2.79. The topological polar surface area (TPSA) is 87.7 Å². The average molecular weight is 313 g/mol. The Kier molecular flexibility index (Phi) is 6.21. The Labute approximate surface area is 131 Å². The summed E-state index contributed by atoms with van der Waals surface area (Å²) in [7, 11) is 0. The minimum absolute atomic E-state index is 0.0501. The molecule has 4 N–H and O–H groups in total. The van der Waals surface area contributed by atoms with Crippen LogP contribution in [0.25, 0.3) is 0 Å². The Morgan fingerprint density at radius 3 is 2.52 bits per heavy atom. The fourth-order valence-electron chi connectivity index (χ4n) is 3.37. The Hall–Kier alpha value is -0.910. The minimum atomic E-state index is -0.801. The van der Waals surface area contributed by atoms with Gasteiger partial charge in [-0.15, -0.1) is 0 Å². The van der Waals surface area contributed by atoms with Crippen LogP contribution in [0.4, 0.5) is 0 Å². The van der Waals surface area contributed by atoms with Gasteiger partial charge in [-0.05, 0) is 31.4 Å². The van der Waals surface area contributed by atoms with Crippen molar-refractivity contribution in [2.45, 2.75) is 63.0 Å². The quantitative estimate of drug-likeness (QED) is 0.245. The van der Waals surface area contributed by atoms with Gasteiger partial charge >= 0.3 is 0 Å². The first-order valence-corrected chi connectivity index (χ1v) is 9.12. The second-order valence-corrected chi connectivity index (χ2v) is 7.59. The largest absolute Gasteiger partial charge is 0.409 e. The highest BCUT2D eigenvalue weighted by Gasteiger charge is 2.43. The summed E-state index contributed by atoms with van der Waals surface area (Å²) < 4.78 is 0. The molecule has 1 atom stereocenters. The summed E-state index contributed by atoms with van der Waals surface area (Å²) in [6.45, 7) is 0.698. The minimum Gasteiger partial charge on any atom is -0.409 e. The maximum absolute atomic E-state index is 12.7. The SMILES string of the molecule is NC(=NO)C1(C(=O)NCC2CCCCS2)CCCCCC1. The lowest BCUT2D eigenvalue weighted by Crippen LogP contribution is -2.51. The van der Waals surface area contributed by atoms with E-state index in [2.05, 4.69) is 10.5 Å². The van der Waals surface area contributed by atoms with Gasteiger partial charge in [0.1, 0.15) is 5.41 Å². The number of nitrogens with two attached hydrogens (primary N) is 1. The van der Waals surface area contributed by atoms with Crippen LogP contribution in [-0.2, 0) is 4.79 Å². The predicted octanol–water partition coefficient (Wildman–Crippen LogP) is 2.48. The third kappa shape index (κ3) is 4.05. The number of amidine groups is 1. The van der Waals surface area contributed by atoms with Gasteiger partial charge in [0, 0.05) is 11.8 Å². The first-order chi connectivity index (χ1) is 10.2. The van der Waals surface area contributed by atoms with Crippen molar-refractivity contribution in [3.63, 3.8) is 0 Å². The van der Waals surface area contributed by atoms with Gasteiger partial charge in [0.2, 0.25) is 5.91 Å². The molecule has 120 valence electrons. The molecule has 1 saturated carbocycles. The van der Waals surface area contributed by atoms with Crippen LogP contribution in [0.1, 0.15) is 57.8 Å². The van der Waals surface area contributed by atoms with Gasteiger partial charge in [-0.2, -0.15) is 11.8 Å². The van der Waals surface area contributed by atoms with Gasteiger partial charge in [-0.25, -0.2) is 0 Å². The summed E-state index contributed by atoms with van der Waals surface area (Å²) in [5.41, 5.74) is 5.09. The summed E-state index contributed by atoms with van der Waals surface area (Å²) >= 11 is 1.94. The Bertz CT molecular complexity index is 373. The fraction of sp³-hybridized carbons (Fsp3) is 0.867. The van der Waals surface area contributed by atoms with Gasteiger partial charge in [-0.3, -0.25) is 4.79 Å². The van der Waals surface area contributed by atoms with Crippen LogP contribution in [0.15, 0.2) is 5.16 Å². The Balaban J connectivity index is 1.99. The van der Waals surface area contributed by atoms with Crippen LogP contribution in [0.3, 0.4) is 0 Å². The number of hydrogen-bond acceptors (Lipinski definition) is 4. The van der Waals surface area contributed by atoms with Crippen molar-refractivity contribution < 1.29 is 10.0 Å². The number of nitrogens with zero attached hydrogens (tertiary/aromatic N) is 1. The van der Waals surface area contributed by atoms with E-state index in [9.17, 15) is 4.79 Å². The molecule has 1 aliphatic carbocycles. The number of nitrogens with one attached hydrogen (secondary N) is 1.